The second-order valence-electron chi connectivity index (χ2n) is 3.48. The summed E-state index contributed by atoms with van der Waals surface area (Å²) in [6, 6.07) is 0. The normalized spacial score (nSPS) is 14.4. The Kier molecular flexibility index (Phi) is 4.35. The van der Waals surface area contributed by atoms with Gasteiger partial charge in [-0.15, -0.1) is 0 Å². The van der Waals surface area contributed by atoms with E-state index in [1.165, 1.54) is 13.1 Å². The van der Waals surface area contributed by atoms with Crippen molar-refractivity contribution in [3.05, 3.63) is 32.6 Å². The molecular weight excluding hydrogens is 250 g/mol. The van der Waals surface area contributed by atoms with Gasteiger partial charge < -0.3 is 15.9 Å². The van der Waals surface area contributed by atoms with E-state index in [1.807, 2.05) is 0 Å². The molecule has 7 nitrogen and oxygen atoms in total. The Hall–Kier alpha value is -1.28. The highest BCUT2D eigenvalue weighted by Crippen LogP contribution is 2.31. The summed E-state index contributed by atoms with van der Waals surface area (Å²) in [5.74, 6) is 0. The summed E-state index contributed by atoms with van der Waals surface area (Å²) in [4.78, 5) is 13.7. The first-order valence-corrected chi connectivity index (χ1v) is 5.13. The SMILES string of the molecule is Cc1c(C(O)C(O)CN)cnc(Cl)c1[N+](=O)[O-]. The van der Waals surface area contributed by atoms with E-state index in [0.717, 1.165) is 0 Å². The third-order valence-corrected chi connectivity index (χ3v) is 2.68. The lowest BCUT2D eigenvalue weighted by molar-refractivity contribution is -0.385. The third-order valence-electron chi connectivity index (χ3n) is 2.41. The lowest BCUT2D eigenvalue weighted by Crippen LogP contribution is -2.27. The predicted molar refractivity (Wildman–Crippen MR) is 60.7 cm³/mol. The van der Waals surface area contributed by atoms with Gasteiger partial charge in [-0.2, -0.15) is 0 Å². The van der Waals surface area contributed by atoms with Gasteiger partial charge in [-0.05, 0) is 6.92 Å². The van der Waals surface area contributed by atoms with E-state index in [-0.39, 0.29) is 28.5 Å². The number of halogens is 1. The van der Waals surface area contributed by atoms with Gasteiger partial charge in [-0.1, -0.05) is 11.6 Å². The van der Waals surface area contributed by atoms with E-state index < -0.39 is 17.1 Å². The Morgan fingerprint density at radius 1 is 1.65 bits per heavy atom. The molecule has 1 heterocycles. The molecule has 4 N–H and O–H groups in total. The number of hydrogen-bond donors (Lipinski definition) is 3. The topological polar surface area (TPSA) is 123 Å². The number of nitro groups is 1. The van der Waals surface area contributed by atoms with Gasteiger partial charge in [0.1, 0.15) is 6.10 Å². The minimum absolute atomic E-state index is 0.138. The van der Waals surface area contributed by atoms with Crippen molar-refractivity contribution in [2.24, 2.45) is 5.73 Å². The molecule has 1 aromatic rings. The molecule has 0 aliphatic rings. The fraction of sp³-hybridized carbons (Fsp3) is 0.444. The molecule has 0 fully saturated rings. The van der Waals surface area contributed by atoms with E-state index in [2.05, 4.69) is 4.98 Å². The van der Waals surface area contributed by atoms with Crippen LogP contribution in [0.2, 0.25) is 5.15 Å². The quantitative estimate of drug-likeness (QED) is 0.407. The van der Waals surface area contributed by atoms with Crippen molar-refractivity contribution in [1.82, 2.24) is 4.98 Å². The van der Waals surface area contributed by atoms with Crippen LogP contribution in [0.4, 0.5) is 5.69 Å². The number of nitrogens with two attached hydrogens (primary N) is 1. The third kappa shape index (κ3) is 2.70. The van der Waals surface area contributed by atoms with Gasteiger partial charge in [0, 0.05) is 23.9 Å². The van der Waals surface area contributed by atoms with Crippen LogP contribution in [0.25, 0.3) is 0 Å². The number of rotatable bonds is 4. The van der Waals surface area contributed by atoms with Crippen LogP contribution < -0.4 is 5.73 Å². The molecule has 2 atom stereocenters. The number of aliphatic hydroxyl groups is 2. The van der Waals surface area contributed by atoms with E-state index in [0.29, 0.717) is 0 Å². The van der Waals surface area contributed by atoms with E-state index in [1.54, 1.807) is 0 Å². The van der Waals surface area contributed by atoms with Crippen LogP contribution >= 0.6 is 11.6 Å². The van der Waals surface area contributed by atoms with Gasteiger partial charge in [-0.3, -0.25) is 10.1 Å². The van der Waals surface area contributed by atoms with Crippen molar-refractivity contribution in [2.75, 3.05) is 6.54 Å². The van der Waals surface area contributed by atoms with E-state index >= 15 is 0 Å². The summed E-state index contributed by atoms with van der Waals surface area (Å²) < 4.78 is 0. The molecule has 0 bridgehead atoms. The molecule has 1 rings (SSSR count). The van der Waals surface area contributed by atoms with Crippen molar-refractivity contribution in [1.29, 1.82) is 0 Å². The largest absolute Gasteiger partial charge is 0.389 e. The summed E-state index contributed by atoms with van der Waals surface area (Å²) in [6.07, 6.45) is -1.35. The molecule has 0 aromatic carbocycles. The standard InChI is InChI=1S/C9H12ClN3O4/c1-4-5(8(15)6(14)2-11)3-12-9(10)7(4)13(16)17/h3,6,8,14-15H,2,11H2,1H3. The average molecular weight is 262 g/mol. The Morgan fingerprint density at radius 3 is 2.71 bits per heavy atom. The van der Waals surface area contributed by atoms with Gasteiger partial charge in [-0.25, -0.2) is 4.98 Å². The maximum atomic E-state index is 10.8. The van der Waals surface area contributed by atoms with Gasteiger partial charge >= 0.3 is 5.69 Å². The summed E-state index contributed by atoms with van der Waals surface area (Å²) >= 11 is 5.59. The highest BCUT2D eigenvalue weighted by molar-refractivity contribution is 6.31. The van der Waals surface area contributed by atoms with E-state index in [4.69, 9.17) is 17.3 Å². The van der Waals surface area contributed by atoms with Crippen LogP contribution in [0.15, 0.2) is 6.20 Å². The molecule has 0 aliphatic carbocycles. The second kappa shape index (κ2) is 5.37. The van der Waals surface area contributed by atoms with Crippen molar-refractivity contribution in [2.45, 2.75) is 19.1 Å². The Morgan fingerprint density at radius 2 is 2.24 bits per heavy atom. The number of pyridine rings is 1. The Balaban J connectivity index is 3.28. The van der Waals surface area contributed by atoms with Gasteiger partial charge in [0.25, 0.3) is 0 Å². The number of nitrogens with zero attached hydrogens (tertiary/aromatic N) is 2. The first-order chi connectivity index (χ1) is 7.90. The van der Waals surface area contributed by atoms with Crippen LogP contribution in [-0.2, 0) is 0 Å². The molecule has 17 heavy (non-hydrogen) atoms. The molecule has 94 valence electrons. The van der Waals surface area contributed by atoms with Gasteiger partial charge in [0.2, 0.25) is 5.15 Å². The van der Waals surface area contributed by atoms with Crippen LogP contribution in [0.3, 0.4) is 0 Å². The van der Waals surface area contributed by atoms with Crippen LogP contribution in [0.5, 0.6) is 0 Å². The molecule has 8 heteroatoms. The van der Waals surface area contributed by atoms with Crippen LogP contribution in [0.1, 0.15) is 17.2 Å². The Labute approximate surface area is 102 Å². The van der Waals surface area contributed by atoms with Crippen molar-refractivity contribution in [3.63, 3.8) is 0 Å². The fourth-order valence-corrected chi connectivity index (χ4v) is 1.68. The molecule has 1 aromatic heterocycles. The van der Waals surface area contributed by atoms with Crippen LogP contribution in [0, 0.1) is 17.0 Å². The van der Waals surface area contributed by atoms with Crippen LogP contribution in [-0.4, -0.2) is 32.8 Å². The molecule has 2 unspecified atom stereocenters. The lowest BCUT2D eigenvalue weighted by Gasteiger charge is -2.17. The number of aliphatic hydroxyl groups excluding tert-OH is 2. The maximum absolute atomic E-state index is 10.8. The second-order valence-corrected chi connectivity index (χ2v) is 3.84. The average Bonchev–Trinajstić information content (AvgIpc) is 2.27. The number of aromatic nitrogens is 1. The maximum Gasteiger partial charge on any atom is 0.309 e. The molecule has 0 saturated heterocycles. The first kappa shape index (κ1) is 13.8. The zero-order chi connectivity index (χ0) is 13.2. The smallest absolute Gasteiger partial charge is 0.309 e. The lowest BCUT2D eigenvalue weighted by atomic mass is 10.0. The van der Waals surface area contributed by atoms with Gasteiger partial charge in [0.15, 0.2) is 0 Å². The molecular formula is C9H12ClN3O4. The molecule has 0 amide bonds. The zero-order valence-electron chi connectivity index (χ0n) is 9.00. The highest BCUT2D eigenvalue weighted by atomic mass is 35.5. The molecule has 0 aliphatic heterocycles. The highest BCUT2D eigenvalue weighted by Gasteiger charge is 2.26. The Bertz CT molecular complexity index is 440. The molecule has 0 radical (unpaired) electrons. The fourth-order valence-electron chi connectivity index (χ4n) is 1.42. The number of hydrogen-bond acceptors (Lipinski definition) is 6. The minimum Gasteiger partial charge on any atom is -0.389 e. The van der Waals surface area contributed by atoms with Crippen molar-refractivity contribution in [3.8, 4) is 0 Å². The van der Waals surface area contributed by atoms with Crippen molar-refractivity contribution >= 4 is 17.3 Å². The summed E-state index contributed by atoms with van der Waals surface area (Å²) in [5, 5.41) is 29.6. The van der Waals surface area contributed by atoms with E-state index in [9.17, 15) is 20.3 Å². The summed E-state index contributed by atoms with van der Waals surface area (Å²) in [5.41, 5.74) is 5.12. The minimum atomic E-state index is -1.33. The monoisotopic (exact) mass is 261 g/mol. The zero-order valence-corrected chi connectivity index (χ0v) is 9.76. The summed E-state index contributed by atoms with van der Waals surface area (Å²) in [6.45, 7) is 1.25. The summed E-state index contributed by atoms with van der Waals surface area (Å²) in [7, 11) is 0. The van der Waals surface area contributed by atoms with Crippen molar-refractivity contribution < 1.29 is 15.1 Å². The molecule has 0 spiro atoms. The van der Waals surface area contributed by atoms with Gasteiger partial charge in [0.05, 0.1) is 11.0 Å². The predicted octanol–water partition coefficient (Wildman–Crippen LogP) is 0.305. The first-order valence-electron chi connectivity index (χ1n) is 4.75. The molecule has 0 saturated carbocycles.